The number of rotatable bonds is 5. The van der Waals surface area contributed by atoms with E-state index in [1.807, 2.05) is 91.0 Å². The van der Waals surface area contributed by atoms with Gasteiger partial charge in [-0.15, -0.1) is 0 Å². The molecule has 3 heterocycles. The summed E-state index contributed by atoms with van der Waals surface area (Å²) in [6.45, 7) is -4.44. The number of aliphatic imine (C=N–C) groups is 1. The molecule has 1 aliphatic carbocycles. The summed E-state index contributed by atoms with van der Waals surface area (Å²) in [5.41, 5.74) is 7.18. The first kappa shape index (κ1) is 27.8. The zero-order chi connectivity index (χ0) is 30.9. The van der Waals surface area contributed by atoms with Crippen LogP contribution in [-0.4, -0.2) is 41.7 Å². The van der Waals surface area contributed by atoms with E-state index in [2.05, 4.69) is 15.9 Å². The van der Waals surface area contributed by atoms with Crippen LogP contribution in [0.5, 0.6) is 11.5 Å². The maximum Gasteiger partial charge on any atom is 0.642 e. The summed E-state index contributed by atoms with van der Waals surface area (Å²) in [5, 5.41) is 0. The molecular formula is C36H27BBrF2N3O2. The standard InChI is InChI=1S/C36H27BBrF2N3O2/c1-44-26-16-13-24(14-17-26)33-32(38)31(23-11-7-4-8-12-23)36-41-35-30(22-9-5-3-6-10-22)29-19-15-25-21-27(45-2)18-20-28(25)34(29)43(35)37(39,40)42(33)36/h3-14,16-18,20-21H,15,19H2,1-2H3. The van der Waals surface area contributed by atoms with E-state index in [1.54, 1.807) is 26.4 Å². The van der Waals surface area contributed by atoms with Crippen LogP contribution in [0.15, 0.2) is 113 Å². The number of methoxy groups -OCH3 is 2. The van der Waals surface area contributed by atoms with Gasteiger partial charge in [-0.05, 0) is 104 Å². The number of nitrogens with zero attached hydrogens (tertiary/aromatic N) is 3. The molecular weight excluding hydrogens is 635 g/mol. The molecule has 5 aromatic rings. The van der Waals surface area contributed by atoms with Crippen molar-refractivity contribution >= 4 is 45.8 Å². The number of allylic oxidation sites excluding steroid dienone is 1. The average molecular weight is 662 g/mol. The van der Waals surface area contributed by atoms with Gasteiger partial charge in [0, 0.05) is 11.3 Å². The van der Waals surface area contributed by atoms with Crippen LogP contribution >= 0.6 is 15.9 Å². The Morgan fingerprint density at radius 3 is 2.09 bits per heavy atom. The topological polar surface area (TPSA) is 38.8 Å². The number of halogens is 3. The number of aromatic nitrogens is 1. The SMILES string of the molecule is COc1ccc(C2=[N+]3C(=Nc4c(-c5ccccc5)c5c(n4[B-]3(F)F)-c3ccc(OC)cc3CC5)C(c3ccccc3)=C2Br)cc1. The van der Waals surface area contributed by atoms with Gasteiger partial charge in [-0.3, -0.25) is 0 Å². The molecule has 0 saturated heterocycles. The lowest BCUT2D eigenvalue weighted by atomic mass is 9.85. The molecule has 0 unspecified atom stereocenters. The fraction of sp³-hybridized carbons (Fsp3) is 0.111. The van der Waals surface area contributed by atoms with Crippen LogP contribution in [-0.2, 0) is 12.8 Å². The third-order valence-electron chi connectivity index (χ3n) is 8.93. The highest BCUT2D eigenvalue weighted by Gasteiger charge is 2.56. The van der Waals surface area contributed by atoms with Gasteiger partial charge < -0.3 is 27.1 Å². The number of amidine groups is 1. The molecule has 8 rings (SSSR count). The molecule has 0 fully saturated rings. The Morgan fingerprint density at radius 1 is 0.778 bits per heavy atom. The molecule has 0 spiro atoms. The summed E-state index contributed by atoms with van der Waals surface area (Å²) < 4.78 is 49.4. The van der Waals surface area contributed by atoms with E-state index in [0.717, 1.165) is 37.9 Å². The molecule has 5 nitrogen and oxygen atoms in total. The molecule has 0 N–H and O–H groups in total. The minimum absolute atomic E-state index is 0.221. The second-order valence-corrected chi connectivity index (χ2v) is 12.1. The van der Waals surface area contributed by atoms with E-state index in [1.165, 1.54) is 4.48 Å². The van der Waals surface area contributed by atoms with Gasteiger partial charge in [0.2, 0.25) is 5.82 Å². The van der Waals surface area contributed by atoms with Crippen molar-refractivity contribution in [3.63, 3.8) is 0 Å². The van der Waals surface area contributed by atoms with E-state index in [9.17, 15) is 0 Å². The summed E-state index contributed by atoms with van der Waals surface area (Å²) in [7, 11) is 3.21. The first-order chi connectivity index (χ1) is 21.9. The summed E-state index contributed by atoms with van der Waals surface area (Å²) >= 11 is 3.78. The lowest BCUT2D eigenvalue weighted by Gasteiger charge is -2.33. The highest BCUT2D eigenvalue weighted by atomic mass is 79.9. The maximum absolute atomic E-state index is 17.8. The van der Waals surface area contributed by atoms with Gasteiger partial charge in [0.05, 0.1) is 29.8 Å². The minimum atomic E-state index is -4.44. The monoisotopic (exact) mass is 661 g/mol. The Bertz CT molecular complexity index is 2100. The molecule has 0 atom stereocenters. The Hall–Kier alpha value is -4.76. The molecule has 0 saturated carbocycles. The highest BCUT2D eigenvalue weighted by molar-refractivity contribution is 9.12. The molecule has 2 aliphatic heterocycles. The number of aryl methyl sites for hydroxylation is 1. The number of benzene rings is 4. The van der Waals surface area contributed by atoms with Crippen LogP contribution in [0.25, 0.3) is 28.0 Å². The third kappa shape index (κ3) is 4.10. The van der Waals surface area contributed by atoms with Crippen LogP contribution in [0, 0.1) is 0 Å². The number of hydrogen-bond acceptors (Lipinski definition) is 3. The van der Waals surface area contributed by atoms with Gasteiger partial charge in [-0.1, -0.05) is 60.7 Å². The smallest absolute Gasteiger partial charge is 0.497 e. The molecule has 45 heavy (non-hydrogen) atoms. The summed E-state index contributed by atoms with van der Waals surface area (Å²) in [6, 6.07) is 32.3. The minimum Gasteiger partial charge on any atom is -0.497 e. The van der Waals surface area contributed by atoms with Crippen LogP contribution in [0.4, 0.5) is 14.4 Å². The molecule has 4 aromatic carbocycles. The second kappa shape index (κ2) is 10.4. The van der Waals surface area contributed by atoms with Crippen molar-refractivity contribution in [1.82, 2.24) is 4.48 Å². The molecule has 0 radical (unpaired) electrons. The molecule has 3 aliphatic rings. The van der Waals surface area contributed by atoms with Crippen LogP contribution < -0.4 is 9.47 Å². The Balaban J connectivity index is 1.48. The van der Waals surface area contributed by atoms with Crippen molar-refractivity contribution in [2.75, 3.05) is 14.2 Å². The van der Waals surface area contributed by atoms with Crippen LogP contribution in [0.3, 0.4) is 0 Å². The van der Waals surface area contributed by atoms with Crippen molar-refractivity contribution in [3.05, 3.63) is 130 Å². The lowest BCUT2D eigenvalue weighted by Crippen LogP contribution is -2.53. The third-order valence-corrected chi connectivity index (χ3v) is 9.71. The molecule has 0 amide bonds. The van der Waals surface area contributed by atoms with E-state index >= 15 is 8.63 Å². The number of hydrogen-bond donors (Lipinski definition) is 0. The first-order valence-corrected chi connectivity index (χ1v) is 15.6. The van der Waals surface area contributed by atoms with Gasteiger partial charge in [0.15, 0.2) is 0 Å². The molecule has 9 heteroatoms. The second-order valence-electron chi connectivity index (χ2n) is 11.3. The Morgan fingerprint density at radius 2 is 1.42 bits per heavy atom. The first-order valence-electron chi connectivity index (χ1n) is 14.8. The zero-order valence-electron chi connectivity index (χ0n) is 24.6. The predicted molar refractivity (Wildman–Crippen MR) is 179 cm³/mol. The number of ether oxygens (including phenoxy) is 2. The van der Waals surface area contributed by atoms with Crippen LogP contribution in [0.1, 0.15) is 22.3 Å². The summed E-state index contributed by atoms with van der Waals surface area (Å²) in [4.78, 5) is 5.19. The van der Waals surface area contributed by atoms with E-state index in [0.29, 0.717) is 51.4 Å². The van der Waals surface area contributed by atoms with Crippen molar-refractivity contribution in [2.45, 2.75) is 12.8 Å². The van der Waals surface area contributed by atoms with Gasteiger partial charge in [-0.25, -0.2) is 0 Å². The summed E-state index contributed by atoms with van der Waals surface area (Å²) in [6.07, 6.45) is 1.32. The normalized spacial score (nSPS) is 16.1. The molecule has 222 valence electrons. The van der Waals surface area contributed by atoms with Gasteiger partial charge >= 0.3 is 6.97 Å². The van der Waals surface area contributed by atoms with Gasteiger partial charge in [-0.2, -0.15) is 0 Å². The van der Waals surface area contributed by atoms with Crippen molar-refractivity contribution < 1.29 is 22.6 Å². The van der Waals surface area contributed by atoms with Crippen molar-refractivity contribution in [3.8, 4) is 33.9 Å². The van der Waals surface area contributed by atoms with Crippen molar-refractivity contribution in [1.29, 1.82) is 0 Å². The van der Waals surface area contributed by atoms with E-state index < -0.39 is 6.97 Å². The Labute approximate surface area is 268 Å². The van der Waals surface area contributed by atoms with Gasteiger partial charge in [0.25, 0.3) is 5.84 Å². The van der Waals surface area contributed by atoms with Crippen molar-refractivity contribution in [2.24, 2.45) is 4.99 Å². The van der Waals surface area contributed by atoms with E-state index in [-0.39, 0.29) is 11.7 Å². The maximum atomic E-state index is 17.8. The zero-order valence-corrected chi connectivity index (χ0v) is 26.2. The largest absolute Gasteiger partial charge is 0.642 e. The van der Waals surface area contributed by atoms with Crippen LogP contribution in [0.2, 0.25) is 0 Å². The fourth-order valence-electron chi connectivity index (χ4n) is 6.93. The highest BCUT2D eigenvalue weighted by Crippen LogP contribution is 2.52. The lowest BCUT2D eigenvalue weighted by molar-refractivity contribution is -0.291. The quantitative estimate of drug-likeness (QED) is 0.177. The summed E-state index contributed by atoms with van der Waals surface area (Å²) in [5.74, 6) is 1.85. The predicted octanol–water partition coefficient (Wildman–Crippen LogP) is 8.53. The Kier molecular flexibility index (Phi) is 6.43. The fourth-order valence-corrected chi connectivity index (χ4v) is 7.75. The van der Waals surface area contributed by atoms with E-state index in [4.69, 9.17) is 14.5 Å². The van der Waals surface area contributed by atoms with Gasteiger partial charge in [0.1, 0.15) is 17.2 Å². The number of fused-ring (bicyclic) bond motifs is 6. The average Bonchev–Trinajstić information content (AvgIpc) is 3.58. The molecule has 1 aromatic heterocycles. The molecule has 0 bridgehead atoms.